The van der Waals surface area contributed by atoms with E-state index in [9.17, 15) is 4.79 Å². The van der Waals surface area contributed by atoms with E-state index in [4.69, 9.17) is 4.74 Å². The number of ether oxygens (including phenoxy) is 1. The highest BCUT2D eigenvalue weighted by Gasteiger charge is 2.27. The van der Waals surface area contributed by atoms with Gasteiger partial charge in [-0.2, -0.15) is 11.8 Å². The Morgan fingerprint density at radius 1 is 1.42 bits per heavy atom. The molecular weight excluding hydrogens is 260 g/mol. The van der Waals surface area contributed by atoms with Crippen LogP contribution >= 0.6 is 11.8 Å². The highest BCUT2D eigenvalue weighted by molar-refractivity contribution is 7.99. The molecule has 0 spiro atoms. The summed E-state index contributed by atoms with van der Waals surface area (Å²) in [5, 5.41) is 7.19. The van der Waals surface area contributed by atoms with Crippen molar-refractivity contribution in [3.8, 4) is 0 Å². The van der Waals surface area contributed by atoms with Crippen LogP contribution in [0.1, 0.15) is 39.0 Å². The standard InChI is InChI=1S/C14H26N2O2S/c1-2-19-13-6-4-3-5-12(13)16-14(17)9-11-10-18-8-7-15-11/h11-13,15H,2-10H2,1H3,(H,16,17). The molecule has 0 aromatic rings. The van der Waals surface area contributed by atoms with E-state index < -0.39 is 0 Å². The molecule has 110 valence electrons. The maximum Gasteiger partial charge on any atom is 0.221 e. The summed E-state index contributed by atoms with van der Waals surface area (Å²) in [6, 6.07) is 0.560. The van der Waals surface area contributed by atoms with E-state index in [1.807, 2.05) is 11.8 Å². The molecule has 2 fully saturated rings. The molecule has 1 amide bonds. The SMILES string of the molecule is CCSC1CCCCC1NC(=O)CC1COCCN1. The third-order valence-corrected chi connectivity index (χ3v) is 5.19. The number of carbonyl (C=O) groups is 1. The molecule has 2 aliphatic rings. The van der Waals surface area contributed by atoms with Gasteiger partial charge in [-0.1, -0.05) is 19.8 Å². The van der Waals surface area contributed by atoms with Crippen molar-refractivity contribution in [1.82, 2.24) is 10.6 Å². The molecule has 1 aliphatic heterocycles. The molecule has 1 heterocycles. The number of amides is 1. The Bertz CT molecular complexity index is 281. The lowest BCUT2D eigenvalue weighted by molar-refractivity contribution is -0.123. The summed E-state index contributed by atoms with van der Waals surface area (Å²) in [4.78, 5) is 12.1. The van der Waals surface area contributed by atoms with Crippen LogP contribution in [0.2, 0.25) is 0 Å². The van der Waals surface area contributed by atoms with Crippen LogP contribution < -0.4 is 10.6 Å². The third kappa shape index (κ3) is 4.97. The van der Waals surface area contributed by atoms with Crippen LogP contribution in [0.3, 0.4) is 0 Å². The normalized spacial score (nSPS) is 31.9. The van der Waals surface area contributed by atoms with Gasteiger partial charge in [0.25, 0.3) is 0 Å². The number of hydrogen-bond donors (Lipinski definition) is 2. The van der Waals surface area contributed by atoms with Crippen LogP contribution in [-0.4, -0.2) is 48.8 Å². The summed E-state index contributed by atoms with van der Waals surface area (Å²) in [5.74, 6) is 1.31. The molecule has 4 nitrogen and oxygen atoms in total. The van der Waals surface area contributed by atoms with E-state index in [1.165, 1.54) is 19.3 Å². The average molecular weight is 286 g/mol. The monoisotopic (exact) mass is 286 g/mol. The topological polar surface area (TPSA) is 50.4 Å². The zero-order chi connectivity index (χ0) is 13.5. The van der Waals surface area contributed by atoms with Gasteiger partial charge in [0.1, 0.15) is 0 Å². The molecule has 3 atom stereocenters. The number of rotatable bonds is 5. The Morgan fingerprint density at radius 2 is 2.26 bits per heavy atom. The van der Waals surface area contributed by atoms with E-state index >= 15 is 0 Å². The first kappa shape index (κ1) is 15.1. The number of morpholine rings is 1. The zero-order valence-corrected chi connectivity index (χ0v) is 12.6. The van der Waals surface area contributed by atoms with E-state index in [0.29, 0.717) is 24.3 Å². The van der Waals surface area contributed by atoms with Crippen molar-refractivity contribution in [1.29, 1.82) is 0 Å². The van der Waals surface area contributed by atoms with Gasteiger partial charge in [0, 0.05) is 30.3 Å². The molecule has 0 radical (unpaired) electrons. The Morgan fingerprint density at radius 3 is 3.00 bits per heavy atom. The first-order valence-corrected chi connectivity index (χ1v) is 8.56. The third-order valence-electron chi connectivity index (χ3n) is 3.86. The molecule has 1 saturated heterocycles. The number of nitrogens with one attached hydrogen (secondary N) is 2. The fraction of sp³-hybridized carbons (Fsp3) is 0.929. The van der Waals surface area contributed by atoms with E-state index in [0.717, 1.165) is 25.3 Å². The van der Waals surface area contributed by atoms with Gasteiger partial charge in [0.15, 0.2) is 0 Å². The van der Waals surface area contributed by atoms with Crippen molar-refractivity contribution in [3.63, 3.8) is 0 Å². The molecule has 19 heavy (non-hydrogen) atoms. The second kappa shape index (κ2) is 8.12. The largest absolute Gasteiger partial charge is 0.378 e. The first-order valence-electron chi connectivity index (χ1n) is 7.51. The van der Waals surface area contributed by atoms with E-state index in [2.05, 4.69) is 17.6 Å². The molecule has 2 rings (SSSR count). The second-order valence-electron chi connectivity index (χ2n) is 5.38. The fourth-order valence-electron chi connectivity index (χ4n) is 2.92. The van der Waals surface area contributed by atoms with E-state index in [-0.39, 0.29) is 11.9 Å². The average Bonchev–Trinajstić information content (AvgIpc) is 2.42. The van der Waals surface area contributed by atoms with Gasteiger partial charge in [-0.15, -0.1) is 0 Å². The minimum atomic E-state index is 0.177. The predicted octanol–water partition coefficient (Wildman–Crippen LogP) is 1.55. The van der Waals surface area contributed by atoms with Crippen molar-refractivity contribution in [3.05, 3.63) is 0 Å². The van der Waals surface area contributed by atoms with Crippen LogP contribution in [0.25, 0.3) is 0 Å². The van der Waals surface area contributed by atoms with Gasteiger partial charge in [-0.3, -0.25) is 4.79 Å². The minimum absolute atomic E-state index is 0.177. The second-order valence-corrected chi connectivity index (χ2v) is 6.90. The van der Waals surface area contributed by atoms with Gasteiger partial charge in [0.2, 0.25) is 5.91 Å². The van der Waals surface area contributed by atoms with Crippen molar-refractivity contribution < 1.29 is 9.53 Å². The summed E-state index contributed by atoms with van der Waals surface area (Å²) in [5.41, 5.74) is 0. The molecule has 0 bridgehead atoms. The van der Waals surface area contributed by atoms with E-state index in [1.54, 1.807) is 0 Å². The lowest BCUT2D eigenvalue weighted by atomic mass is 9.94. The molecule has 0 aromatic heterocycles. The fourth-order valence-corrected chi connectivity index (χ4v) is 4.11. The van der Waals surface area contributed by atoms with Gasteiger partial charge < -0.3 is 15.4 Å². The highest BCUT2D eigenvalue weighted by atomic mass is 32.2. The Kier molecular flexibility index (Phi) is 6.47. The van der Waals surface area contributed by atoms with Gasteiger partial charge in [-0.25, -0.2) is 0 Å². The van der Waals surface area contributed by atoms with Crippen LogP contribution in [0, 0.1) is 0 Å². The molecule has 3 unspecified atom stereocenters. The summed E-state index contributed by atoms with van der Waals surface area (Å²) >= 11 is 1.99. The Hall–Kier alpha value is -0.260. The van der Waals surface area contributed by atoms with Crippen LogP contribution in [-0.2, 0) is 9.53 Å². The summed E-state index contributed by atoms with van der Waals surface area (Å²) in [7, 11) is 0. The molecule has 1 saturated carbocycles. The van der Waals surface area contributed by atoms with Crippen molar-refractivity contribution in [2.24, 2.45) is 0 Å². The van der Waals surface area contributed by atoms with Crippen LogP contribution in [0.4, 0.5) is 0 Å². The molecule has 5 heteroatoms. The number of hydrogen-bond acceptors (Lipinski definition) is 4. The van der Waals surface area contributed by atoms with Gasteiger partial charge >= 0.3 is 0 Å². The lowest BCUT2D eigenvalue weighted by Gasteiger charge is -2.32. The summed E-state index contributed by atoms with van der Waals surface area (Å²) < 4.78 is 5.39. The summed E-state index contributed by atoms with van der Waals surface area (Å²) in [6.07, 6.45) is 5.48. The molecule has 2 N–H and O–H groups in total. The maximum atomic E-state index is 12.1. The van der Waals surface area contributed by atoms with Crippen LogP contribution in [0.5, 0.6) is 0 Å². The quantitative estimate of drug-likeness (QED) is 0.805. The maximum absolute atomic E-state index is 12.1. The molecule has 1 aliphatic carbocycles. The first-order chi connectivity index (χ1) is 9.29. The van der Waals surface area contributed by atoms with Gasteiger partial charge in [0.05, 0.1) is 13.2 Å². The highest BCUT2D eigenvalue weighted by Crippen LogP contribution is 2.28. The molecule has 0 aromatic carbocycles. The predicted molar refractivity (Wildman–Crippen MR) is 79.5 cm³/mol. The minimum Gasteiger partial charge on any atom is -0.378 e. The lowest BCUT2D eigenvalue weighted by Crippen LogP contribution is -2.48. The van der Waals surface area contributed by atoms with Crippen LogP contribution in [0.15, 0.2) is 0 Å². The number of thioether (sulfide) groups is 1. The zero-order valence-electron chi connectivity index (χ0n) is 11.8. The Balaban J connectivity index is 1.75. The van der Waals surface area contributed by atoms with Crippen molar-refractivity contribution in [2.45, 2.75) is 56.4 Å². The smallest absolute Gasteiger partial charge is 0.221 e. The number of carbonyl (C=O) groups excluding carboxylic acids is 1. The van der Waals surface area contributed by atoms with Crippen molar-refractivity contribution >= 4 is 17.7 Å². The van der Waals surface area contributed by atoms with Gasteiger partial charge in [-0.05, 0) is 18.6 Å². The molecular formula is C14H26N2O2S. The van der Waals surface area contributed by atoms with Crippen molar-refractivity contribution in [2.75, 3.05) is 25.5 Å². The summed E-state index contributed by atoms with van der Waals surface area (Å²) in [6.45, 7) is 4.47. The Labute approximate surface area is 120 Å².